The van der Waals surface area contributed by atoms with Gasteiger partial charge in [-0.25, -0.2) is 0 Å². The van der Waals surface area contributed by atoms with Gasteiger partial charge in [-0.05, 0) is 134 Å². The van der Waals surface area contributed by atoms with Gasteiger partial charge in [0.1, 0.15) is 11.2 Å². The Bertz CT molecular complexity index is 4080. The molecule has 1 aliphatic carbocycles. The van der Waals surface area contributed by atoms with Gasteiger partial charge in [-0.2, -0.15) is 0 Å². The van der Waals surface area contributed by atoms with Gasteiger partial charge in [0.25, 0.3) is 0 Å². The standard InChI is InChI=1S/C67H44N2O/c1-4-19-45(20-5-1)47-23-16-24-49(41-47)67(59-32-13-10-29-54(59)55-30-11-14-33-60(55)67)50-25-17-28-52(43-50)68(53-38-39-62-57(44-53)56-31-12-15-34-61(56)69(62)51-26-8-3-9-27-51)63-35-18-36-65-66(63)58-42-48(37-40-64(58)70-65)46-21-6-2-7-22-46/h1-44H. The third-order valence-corrected chi connectivity index (χ3v) is 14.6. The van der Waals surface area contributed by atoms with Crippen molar-refractivity contribution < 1.29 is 4.42 Å². The van der Waals surface area contributed by atoms with E-state index >= 15 is 0 Å². The predicted octanol–water partition coefficient (Wildman–Crippen LogP) is 17.8. The van der Waals surface area contributed by atoms with Gasteiger partial charge in [0.15, 0.2) is 0 Å². The lowest BCUT2D eigenvalue weighted by molar-refractivity contribution is 0.669. The first kappa shape index (κ1) is 39.9. The number of hydrogen-bond donors (Lipinski definition) is 0. The fraction of sp³-hybridized carbons (Fsp3) is 0.0149. The molecule has 0 spiro atoms. The second-order valence-corrected chi connectivity index (χ2v) is 18.4. The van der Waals surface area contributed by atoms with Gasteiger partial charge >= 0.3 is 0 Å². The minimum absolute atomic E-state index is 0.633. The lowest BCUT2D eigenvalue weighted by atomic mass is 9.67. The lowest BCUT2D eigenvalue weighted by Gasteiger charge is -2.35. The quantitative estimate of drug-likeness (QED) is 0.152. The fourth-order valence-electron chi connectivity index (χ4n) is 11.7. The van der Waals surface area contributed by atoms with Crippen molar-refractivity contribution in [1.29, 1.82) is 0 Å². The van der Waals surface area contributed by atoms with Crippen molar-refractivity contribution in [3.8, 4) is 39.1 Å². The van der Waals surface area contributed by atoms with Crippen LogP contribution in [0.1, 0.15) is 22.3 Å². The minimum atomic E-state index is -0.633. The van der Waals surface area contributed by atoms with Crippen LogP contribution in [-0.2, 0) is 5.41 Å². The molecule has 14 rings (SSSR count). The van der Waals surface area contributed by atoms with Crippen LogP contribution in [0.25, 0.3) is 82.8 Å². The second-order valence-electron chi connectivity index (χ2n) is 18.4. The summed E-state index contributed by atoms with van der Waals surface area (Å²) in [6.07, 6.45) is 0. The number of hydrogen-bond acceptors (Lipinski definition) is 2. The van der Waals surface area contributed by atoms with Crippen molar-refractivity contribution in [1.82, 2.24) is 4.57 Å². The highest BCUT2D eigenvalue weighted by atomic mass is 16.3. The van der Waals surface area contributed by atoms with Crippen LogP contribution in [0.3, 0.4) is 0 Å². The monoisotopic (exact) mass is 892 g/mol. The molecule has 0 N–H and O–H groups in total. The summed E-state index contributed by atoms with van der Waals surface area (Å²) in [6, 6.07) is 97.5. The molecule has 2 heterocycles. The van der Waals surface area contributed by atoms with E-state index in [0.29, 0.717) is 0 Å². The molecule has 0 atom stereocenters. The normalized spacial score (nSPS) is 12.7. The van der Waals surface area contributed by atoms with Crippen molar-refractivity contribution in [3.63, 3.8) is 0 Å². The summed E-state index contributed by atoms with van der Waals surface area (Å²) < 4.78 is 9.15. The van der Waals surface area contributed by atoms with E-state index in [9.17, 15) is 0 Å². The molecule has 2 aromatic heterocycles. The molecule has 1 aliphatic rings. The van der Waals surface area contributed by atoms with Crippen LogP contribution in [0.2, 0.25) is 0 Å². The third-order valence-electron chi connectivity index (χ3n) is 14.6. The van der Waals surface area contributed by atoms with Crippen molar-refractivity contribution in [2.75, 3.05) is 4.90 Å². The van der Waals surface area contributed by atoms with E-state index in [0.717, 1.165) is 55.8 Å². The summed E-state index contributed by atoms with van der Waals surface area (Å²) in [5.41, 5.74) is 19.8. The van der Waals surface area contributed by atoms with Crippen LogP contribution < -0.4 is 4.90 Å². The van der Waals surface area contributed by atoms with Crippen molar-refractivity contribution in [2.45, 2.75) is 5.41 Å². The molecule has 328 valence electrons. The minimum Gasteiger partial charge on any atom is -0.456 e. The van der Waals surface area contributed by atoms with Crippen LogP contribution in [0.5, 0.6) is 0 Å². The zero-order valence-corrected chi connectivity index (χ0v) is 38.2. The third kappa shape index (κ3) is 6.08. The molecule has 3 nitrogen and oxygen atoms in total. The summed E-state index contributed by atoms with van der Waals surface area (Å²) in [7, 11) is 0. The van der Waals surface area contributed by atoms with E-state index in [4.69, 9.17) is 4.42 Å². The molecule has 70 heavy (non-hydrogen) atoms. The van der Waals surface area contributed by atoms with E-state index in [1.165, 1.54) is 66.4 Å². The maximum Gasteiger partial charge on any atom is 0.137 e. The molecule has 13 aromatic rings. The molecule has 0 amide bonds. The summed E-state index contributed by atoms with van der Waals surface area (Å²) in [4.78, 5) is 2.46. The summed E-state index contributed by atoms with van der Waals surface area (Å²) in [5.74, 6) is 0. The molecule has 0 aliphatic heterocycles. The van der Waals surface area contributed by atoms with Crippen LogP contribution in [0.15, 0.2) is 271 Å². The number of aromatic nitrogens is 1. The van der Waals surface area contributed by atoms with Gasteiger partial charge in [-0.15, -0.1) is 0 Å². The van der Waals surface area contributed by atoms with Crippen molar-refractivity contribution >= 4 is 60.8 Å². The highest BCUT2D eigenvalue weighted by Gasteiger charge is 2.46. The van der Waals surface area contributed by atoms with E-state index < -0.39 is 5.41 Å². The van der Waals surface area contributed by atoms with E-state index in [-0.39, 0.29) is 0 Å². The number of benzene rings is 11. The number of anilines is 3. The summed E-state index contributed by atoms with van der Waals surface area (Å²) in [5, 5.41) is 4.52. The van der Waals surface area contributed by atoms with Gasteiger partial charge < -0.3 is 13.9 Å². The van der Waals surface area contributed by atoms with Crippen LogP contribution in [0, 0.1) is 0 Å². The Morgan fingerprint density at radius 3 is 1.66 bits per heavy atom. The Morgan fingerprint density at radius 2 is 0.914 bits per heavy atom. The topological polar surface area (TPSA) is 21.3 Å². The molecule has 3 heteroatoms. The van der Waals surface area contributed by atoms with E-state index in [1.54, 1.807) is 0 Å². The maximum absolute atomic E-state index is 6.76. The second kappa shape index (κ2) is 16.0. The first-order valence-corrected chi connectivity index (χ1v) is 24.1. The summed E-state index contributed by atoms with van der Waals surface area (Å²) in [6.45, 7) is 0. The number of fused-ring (bicyclic) bond motifs is 9. The Kier molecular flexibility index (Phi) is 9.11. The molecule has 0 fully saturated rings. The van der Waals surface area contributed by atoms with Gasteiger partial charge in [0, 0.05) is 33.2 Å². The van der Waals surface area contributed by atoms with Crippen LogP contribution >= 0.6 is 0 Å². The number of furan rings is 1. The first-order valence-electron chi connectivity index (χ1n) is 24.1. The Labute approximate surface area is 406 Å². The number of para-hydroxylation sites is 2. The average molecular weight is 893 g/mol. The van der Waals surface area contributed by atoms with Gasteiger partial charge in [0.05, 0.1) is 27.5 Å². The summed E-state index contributed by atoms with van der Waals surface area (Å²) >= 11 is 0. The highest BCUT2D eigenvalue weighted by molar-refractivity contribution is 6.15. The average Bonchev–Trinajstić information content (AvgIpc) is 4.08. The van der Waals surface area contributed by atoms with Crippen molar-refractivity contribution in [3.05, 3.63) is 289 Å². The molecular formula is C67H44N2O. The molecule has 0 radical (unpaired) electrons. The molecule has 0 saturated heterocycles. The largest absolute Gasteiger partial charge is 0.456 e. The number of rotatable bonds is 8. The highest BCUT2D eigenvalue weighted by Crippen LogP contribution is 2.57. The maximum atomic E-state index is 6.76. The van der Waals surface area contributed by atoms with Gasteiger partial charge in [0.2, 0.25) is 0 Å². The predicted molar refractivity (Wildman–Crippen MR) is 291 cm³/mol. The molecule has 0 bridgehead atoms. The smallest absolute Gasteiger partial charge is 0.137 e. The van der Waals surface area contributed by atoms with E-state index in [2.05, 4.69) is 276 Å². The fourth-order valence-corrected chi connectivity index (χ4v) is 11.7. The molecule has 0 saturated carbocycles. The van der Waals surface area contributed by atoms with Gasteiger partial charge in [-0.3, -0.25) is 0 Å². The van der Waals surface area contributed by atoms with Crippen LogP contribution in [0.4, 0.5) is 17.1 Å². The first-order chi connectivity index (χ1) is 34.7. The number of nitrogens with zero attached hydrogens (tertiary/aromatic N) is 2. The molecule has 0 unspecified atom stereocenters. The van der Waals surface area contributed by atoms with Crippen LogP contribution in [-0.4, -0.2) is 4.57 Å². The SMILES string of the molecule is c1ccc(-c2cccc(C3(c4cccc(N(c5ccc6c(c5)c5ccccc5n6-c5ccccc5)c5cccc6oc7ccc(-c8ccccc8)cc7c56)c4)c4ccccc4-c4ccccc43)c2)cc1. The molecule has 11 aromatic carbocycles. The Balaban J connectivity index is 1.05. The van der Waals surface area contributed by atoms with Gasteiger partial charge in [-0.1, -0.05) is 188 Å². The molecular weight excluding hydrogens is 849 g/mol. The Morgan fingerprint density at radius 1 is 0.343 bits per heavy atom. The van der Waals surface area contributed by atoms with Crippen molar-refractivity contribution in [2.24, 2.45) is 0 Å². The lowest BCUT2D eigenvalue weighted by Crippen LogP contribution is -2.29. The zero-order chi connectivity index (χ0) is 46.2. The zero-order valence-electron chi connectivity index (χ0n) is 38.2. The Hall–Kier alpha value is -9.18. The van der Waals surface area contributed by atoms with E-state index in [1.807, 2.05) is 0 Å².